The molecule has 0 saturated heterocycles. The smallest absolute Gasteiger partial charge is 0.239 e. The molecule has 5 heteroatoms. The molecule has 0 radical (unpaired) electrons. The average molecular weight is 414 g/mol. The average Bonchev–Trinajstić information content (AvgIpc) is 3.22. The maximum absolute atomic E-state index is 12.7. The lowest BCUT2D eigenvalue weighted by molar-refractivity contribution is -0.119. The molecule has 0 spiro atoms. The van der Waals surface area contributed by atoms with Gasteiger partial charge in [0.1, 0.15) is 5.75 Å². The van der Waals surface area contributed by atoms with Crippen LogP contribution < -0.4 is 15.0 Å². The number of fused-ring (bicyclic) bond motifs is 1. The van der Waals surface area contributed by atoms with Crippen LogP contribution in [0.5, 0.6) is 5.75 Å². The first-order valence-corrected chi connectivity index (χ1v) is 10.5. The lowest BCUT2D eigenvalue weighted by Gasteiger charge is -2.24. The van der Waals surface area contributed by atoms with E-state index in [-0.39, 0.29) is 12.5 Å². The van der Waals surface area contributed by atoms with Crippen LogP contribution >= 0.6 is 0 Å². The van der Waals surface area contributed by atoms with Gasteiger partial charge >= 0.3 is 0 Å². The van der Waals surface area contributed by atoms with Crippen molar-refractivity contribution in [2.75, 3.05) is 25.1 Å². The van der Waals surface area contributed by atoms with Crippen molar-refractivity contribution in [3.63, 3.8) is 0 Å². The monoisotopic (exact) mass is 413 g/mol. The highest BCUT2D eigenvalue weighted by Gasteiger charge is 2.13. The Hall–Kier alpha value is -3.73. The molecule has 4 rings (SSSR count). The number of anilines is 1. The standard InChI is InChI=1S/C26H27N3O2/c1-31-23-13-11-22(12-14-23)29(18-20-7-3-2-4-8-20)19-26(30)27-16-15-21-17-28-25-10-6-5-9-24(21)25/h2-14,17,28H,15-16,18-19H2,1H3,(H,27,30). The SMILES string of the molecule is COc1ccc(N(CC(=O)NCCc2c[nH]c3ccccc23)Cc2ccccc2)cc1. The molecule has 0 saturated carbocycles. The fraction of sp³-hybridized carbons (Fsp3) is 0.192. The van der Waals surface area contributed by atoms with Crippen LogP contribution in [0.15, 0.2) is 85.1 Å². The molecule has 0 bridgehead atoms. The zero-order valence-electron chi connectivity index (χ0n) is 17.7. The summed E-state index contributed by atoms with van der Waals surface area (Å²) in [6.07, 6.45) is 2.81. The van der Waals surface area contributed by atoms with Gasteiger partial charge in [0.2, 0.25) is 5.91 Å². The number of para-hydroxylation sites is 1. The third kappa shape index (κ3) is 5.25. The predicted molar refractivity (Wildman–Crippen MR) is 125 cm³/mol. The number of aromatic nitrogens is 1. The predicted octanol–water partition coefficient (Wildman–Crippen LogP) is 4.54. The van der Waals surface area contributed by atoms with Crippen molar-refractivity contribution < 1.29 is 9.53 Å². The number of ether oxygens (including phenoxy) is 1. The molecular formula is C26H27N3O2. The second kappa shape index (κ2) is 9.85. The summed E-state index contributed by atoms with van der Waals surface area (Å²) in [7, 11) is 1.65. The summed E-state index contributed by atoms with van der Waals surface area (Å²) >= 11 is 0. The molecule has 31 heavy (non-hydrogen) atoms. The van der Waals surface area contributed by atoms with Gasteiger partial charge in [0.15, 0.2) is 0 Å². The van der Waals surface area contributed by atoms with E-state index < -0.39 is 0 Å². The van der Waals surface area contributed by atoms with Crippen molar-refractivity contribution in [1.82, 2.24) is 10.3 Å². The van der Waals surface area contributed by atoms with Gasteiger partial charge in [-0.3, -0.25) is 4.79 Å². The van der Waals surface area contributed by atoms with E-state index in [0.717, 1.165) is 28.9 Å². The minimum absolute atomic E-state index is 0.00610. The van der Waals surface area contributed by atoms with Gasteiger partial charge in [0, 0.05) is 35.9 Å². The van der Waals surface area contributed by atoms with Gasteiger partial charge in [0.25, 0.3) is 0 Å². The molecule has 0 aliphatic rings. The van der Waals surface area contributed by atoms with E-state index in [0.29, 0.717) is 13.1 Å². The van der Waals surface area contributed by atoms with Crippen molar-refractivity contribution in [1.29, 1.82) is 0 Å². The van der Waals surface area contributed by atoms with Gasteiger partial charge in [-0.1, -0.05) is 48.5 Å². The lowest BCUT2D eigenvalue weighted by Crippen LogP contribution is -2.37. The number of benzene rings is 3. The number of carbonyl (C=O) groups is 1. The fourth-order valence-electron chi connectivity index (χ4n) is 3.74. The molecule has 1 heterocycles. The summed E-state index contributed by atoms with van der Waals surface area (Å²) in [6, 6.07) is 26.2. The number of aromatic amines is 1. The quantitative estimate of drug-likeness (QED) is 0.423. The largest absolute Gasteiger partial charge is 0.497 e. The Kier molecular flexibility index (Phi) is 6.53. The Morgan fingerprint density at radius 2 is 1.71 bits per heavy atom. The number of carbonyl (C=O) groups excluding carboxylic acids is 1. The van der Waals surface area contributed by atoms with Gasteiger partial charge in [-0.05, 0) is 47.9 Å². The van der Waals surface area contributed by atoms with Crippen molar-refractivity contribution in [3.05, 3.63) is 96.2 Å². The molecule has 4 aromatic rings. The number of amides is 1. The van der Waals surface area contributed by atoms with E-state index in [9.17, 15) is 4.79 Å². The maximum Gasteiger partial charge on any atom is 0.239 e. The first-order valence-electron chi connectivity index (χ1n) is 10.5. The highest BCUT2D eigenvalue weighted by atomic mass is 16.5. The van der Waals surface area contributed by atoms with Crippen molar-refractivity contribution in [2.45, 2.75) is 13.0 Å². The fourth-order valence-corrected chi connectivity index (χ4v) is 3.74. The Bertz CT molecular complexity index is 1120. The Morgan fingerprint density at radius 3 is 2.48 bits per heavy atom. The molecule has 0 atom stereocenters. The first-order chi connectivity index (χ1) is 15.2. The molecule has 0 aliphatic heterocycles. The van der Waals surface area contributed by atoms with Crippen LogP contribution in [0.4, 0.5) is 5.69 Å². The molecule has 158 valence electrons. The van der Waals surface area contributed by atoms with Crippen LogP contribution in [0.3, 0.4) is 0 Å². The second-order valence-corrected chi connectivity index (χ2v) is 7.50. The van der Waals surface area contributed by atoms with E-state index in [1.807, 2.05) is 60.8 Å². The van der Waals surface area contributed by atoms with Gasteiger partial charge in [0.05, 0.1) is 13.7 Å². The minimum Gasteiger partial charge on any atom is -0.497 e. The van der Waals surface area contributed by atoms with Crippen LogP contribution in [-0.2, 0) is 17.8 Å². The van der Waals surface area contributed by atoms with Crippen LogP contribution in [0.25, 0.3) is 10.9 Å². The molecule has 0 fully saturated rings. The molecule has 1 aromatic heterocycles. The van der Waals surface area contributed by atoms with Crippen LogP contribution in [0, 0.1) is 0 Å². The number of nitrogens with zero attached hydrogens (tertiary/aromatic N) is 1. The Labute approximate surface area is 182 Å². The third-order valence-corrected chi connectivity index (χ3v) is 5.38. The highest BCUT2D eigenvalue weighted by Crippen LogP contribution is 2.21. The zero-order chi connectivity index (χ0) is 21.5. The normalized spacial score (nSPS) is 10.7. The number of hydrogen-bond donors (Lipinski definition) is 2. The minimum atomic E-state index is 0.00610. The number of methoxy groups -OCH3 is 1. The van der Waals surface area contributed by atoms with Gasteiger partial charge in [-0.2, -0.15) is 0 Å². The van der Waals surface area contributed by atoms with E-state index in [2.05, 4.69) is 39.5 Å². The summed E-state index contributed by atoms with van der Waals surface area (Å²) in [5.41, 5.74) is 4.48. The Balaban J connectivity index is 1.39. The van der Waals surface area contributed by atoms with Gasteiger partial charge < -0.3 is 19.9 Å². The van der Waals surface area contributed by atoms with E-state index >= 15 is 0 Å². The van der Waals surface area contributed by atoms with Gasteiger partial charge in [-0.25, -0.2) is 0 Å². The second-order valence-electron chi connectivity index (χ2n) is 7.50. The van der Waals surface area contributed by atoms with Crippen molar-refractivity contribution in [2.24, 2.45) is 0 Å². The van der Waals surface area contributed by atoms with Crippen LogP contribution in [0.1, 0.15) is 11.1 Å². The molecule has 0 unspecified atom stereocenters. The number of H-pyrrole nitrogens is 1. The molecule has 1 amide bonds. The van der Waals surface area contributed by atoms with Crippen molar-refractivity contribution in [3.8, 4) is 5.75 Å². The molecule has 5 nitrogen and oxygen atoms in total. The van der Waals surface area contributed by atoms with E-state index in [1.165, 1.54) is 10.9 Å². The summed E-state index contributed by atoms with van der Waals surface area (Å²) in [5, 5.41) is 4.28. The van der Waals surface area contributed by atoms with E-state index in [1.54, 1.807) is 7.11 Å². The van der Waals surface area contributed by atoms with Gasteiger partial charge in [-0.15, -0.1) is 0 Å². The Morgan fingerprint density at radius 1 is 0.968 bits per heavy atom. The molecule has 2 N–H and O–H groups in total. The third-order valence-electron chi connectivity index (χ3n) is 5.38. The number of rotatable bonds is 9. The van der Waals surface area contributed by atoms with Crippen LogP contribution in [-0.4, -0.2) is 31.1 Å². The summed E-state index contributed by atoms with van der Waals surface area (Å²) in [6.45, 7) is 1.54. The maximum atomic E-state index is 12.7. The first kappa shape index (κ1) is 20.5. The lowest BCUT2D eigenvalue weighted by atomic mass is 10.1. The number of nitrogens with one attached hydrogen (secondary N) is 2. The molecule has 3 aromatic carbocycles. The summed E-state index contributed by atoms with van der Waals surface area (Å²) in [4.78, 5) is 18.1. The van der Waals surface area contributed by atoms with Crippen LogP contribution in [0.2, 0.25) is 0 Å². The topological polar surface area (TPSA) is 57.4 Å². The molecule has 0 aliphatic carbocycles. The summed E-state index contributed by atoms with van der Waals surface area (Å²) < 4.78 is 5.27. The summed E-state index contributed by atoms with van der Waals surface area (Å²) in [5.74, 6) is 0.804. The van der Waals surface area contributed by atoms with E-state index in [4.69, 9.17) is 4.74 Å². The molecular weight excluding hydrogens is 386 g/mol. The number of hydrogen-bond acceptors (Lipinski definition) is 3. The zero-order valence-corrected chi connectivity index (χ0v) is 17.7. The highest BCUT2D eigenvalue weighted by molar-refractivity contribution is 5.83. The van der Waals surface area contributed by atoms with Crippen molar-refractivity contribution >= 4 is 22.5 Å².